The summed E-state index contributed by atoms with van der Waals surface area (Å²) in [6.07, 6.45) is -0.123. The Labute approximate surface area is 138 Å². The Bertz CT molecular complexity index is 425. The van der Waals surface area contributed by atoms with Gasteiger partial charge in [0.1, 0.15) is 11.2 Å². The van der Waals surface area contributed by atoms with Crippen LogP contribution in [0.4, 0.5) is 9.59 Å². The second-order valence-corrected chi connectivity index (χ2v) is 7.97. The van der Waals surface area contributed by atoms with E-state index in [0.29, 0.717) is 19.3 Å². The molecule has 0 heterocycles. The van der Waals surface area contributed by atoms with Gasteiger partial charge in [0.25, 0.3) is 0 Å². The standard InChI is InChI=1S/C16H30N2O5/c1-15(2,3)22-13(20)17-11-8-7-10(19)9-12(11)18-14(21)23-16(4,5)6/h10-12,19H,7-9H2,1-6H3,(H,17,20)(H,18,21). The summed E-state index contributed by atoms with van der Waals surface area (Å²) in [5.74, 6) is 0. The zero-order valence-corrected chi connectivity index (χ0v) is 14.9. The van der Waals surface area contributed by atoms with Crippen LogP contribution < -0.4 is 10.6 Å². The summed E-state index contributed by atoms with van der Waals surface area (Å²) in [5, 5.41) is 15.3. The van der Waals surface area contributed by atoms with Crippen molar-refractivity contribution in [1.82, 2.24) is 10.6 Å². The number of rotatable bonds is 2. The van der Waals surface area contributed by atoms with Crippen molar-refractivity contribution in [2.45, 2.75) is 90.2 Å². The van der Waals surface area contributed by atoms with Gasteiger partial charge in [0, 0.05) is 0 Å². The fourth-order valence-corrected chi connectivity index (χ4v) is 2.40. The number of carbonyl (C=O) groups is 2. The van der Waals surface area contributed by atoms with Crippen LogP contribution in [0.2, 0.25) is 0 Å². The lowest BCUT2D eigenvalue weighted by Crippen LogP contribution is -2.56. The van der Waals surface area contributed by atoms with Gasteiger partial charge in [0.15, 0.2) is 0 Å². The number of carbonyl (C=O) groups excluding carboxylic acids is 2. The zero-order valence-electron chi connectivity index (χ0n) is 14.9. The van der Waals surface area contributed by atoms with Crippen LogP contribution in [-0.2, 0) is 9.47 Å². The third-order valence-electron chi connectivity index (χ3n) is 3.23. The van der Waals surface area contributed by atoms with E-state index in [-0.39, 0.29) is 6.04 Å². The van der Waals surface area contributed by atoms with Crippen LogP contribution in [-0.4, -0.2) is 46.7 Å². The van der Waals surface area contributed by atoms with Crippen LogP contribution in [0.5, 0.6) is 0 Å². The fraction of sp³-hybridized carbons (Fsp3) is 0.875. The molecular weight excluding hydrogens is 300 g/mol. The highest BCUT2D eigenvalue weighted by molar-refractivity contribution is 5.70. The number of aliphatic hydroxyl groups excluding tert-OH is 1. The van der Waals surface area contributed by atoms with Gasteiger partial charge in [-0.1, -0.05) is 0 Å². The van der Waals surface area contributed by atoms with Gasteiger partial charge < -0.3 is 25.2 Å². The maximum atomic E-state index is 11.9. The minimum atomic E-state index is -0.606. The zero-order chi connectivity index (χ0) is 17.8. The number of ether oxygens (including phenoxy) is 2. The van der Waals surface area contributed by atoms with E-state index in [1.165, 1.54) is 0 Å². The maximum Gasteiger partial charge on any atom is 0.407 e. The number of amides is 2. The molecule has 1 aliphatic carbocycles. The number of aliphatic hydroxyl groups is 1. The van der Waals surface area contributed by atoms with Crippen LogP contribution in [0.15, 0.2) is 0 Å². The van der Waals surface area contributed by atoms with E-state index in [0.717, 1.165) is 0 Å². The fourth-order valence-electron chi connectivity index (χ4n) is 2.40. The second-order valence-electron chi connectivity index (χ2n) is 7.97. The van der Waals surface area contributed by atoms with Gasteiger partial charge in [-0.05, 0) is 60.8 Å². The monoisotopic (exact) mass is 330 g/mol. The molecule has 1 aliphatic rings. The molecule has 0 aromatic heterocycles. The van der Waals surface area contributed by atoms with Crippen molar-refractivity contribution in [3.05, 3.63) is 0 Å². The van der Waals surface area contributed by atoms with Crippen molar-refractivity contribution in [1.29, 1.82) is 0 Å². The van der Waals surface area contributed by atoms with Crippen molar-refractivity contribution in [2.75, 3.05) is 0 Å². The van der Waals surface area contributed by atoms with Crippen LogP contribution in [0.25, 0.3) is 0 Å². The Morgan fingerprint density at radius 3 is 1.74 bits per heavy atom. The van der Waals surface area contributed by atoms with Crippen molar-refractivity contribution in [3.63, 3.8) is 0 Å². The van der Waals surface area contributed by atoms with Gasteiger partial charge >= 0.3 is 12.2 Å². The Kier molecular flexibility index (Phi) is 6.27. The molecule has 7 heteroatoms. The summed E-state index contributed by atoms with van der Waals surface area (Å²) in [5.41, 5.74) is -1.20. The second kappa shape index (κ2) is 7.38. The highest BCUT2D eigenvalue weighted by atomic mass is 16.6. The van der Waals surface area contributed by atoms with Gasteiger partial charge in [-0.15, -0.1) is 0 Å². The van der Waals surface area contributed by atoms with Crippen LogP contribution >= 0.6 is 0 Å². The first-order valence-electron chi connectivity index (χ1n) is 8.03. The van der Waals surface area contributed by atoms with Crippen molar-refractivity contribution < 1.29 is 24.2 Å². The van der Waals surface area contributed by atoms with Crippen molar-refractivity contribution in [2.24, 2.45) is 0 Å². The van der Waals surface area contributed by atoms with E-state index >= 15 is 0 Å². The third-order valence-corrected chi connectivity index (χ3v) is 3.23. The quantitative estimate of drug-likeness (QED) is 0.722. The smallest absolute Gasteiger partial charge is 0.407 e. The molecule has 3 N–H and O–H groups in total. The van der Waals surface area contributed by atoms with E-state index in [2.05, 4.69) is 10.6 Å². The third kappa shape index (κ3) is 8.06. The number of nitrogens with one attached hydrogen (secondary N) is 2. The molecule has 0 radical (unpaired) electrons. The Morgan fingerprint density at radius 2 is 1.30 bits per heavy atom. The highest BCUT2D eigenvalue weighted by Crippen LogP contribution is 2.21. The maximum absolute atomic E-state index is 11.9. The SMILES string of the molecule is CC(C)(C)OC(=O)NC1CCC(O)CC1NC(=O)OC(C)(C)C. The summed E-state index contributed by atoms with van der Waals surface area (Å²) in [7, 11) is 0. The molecule has 3 atom stereocenters. The van der Waals surface area contributed by atoms with Crippen molar-refractivity contribution >= 4 is 12.2 Å². The van der Waals surface area contributed by atoms with Crippen LogP contribution in [0.3, 0.4) is 0 Å². The van der Waals surface area contributed by atoms with E-state index in [9.17, 15) is 14.7 Å². The molecule has 7 nitrogen and oxygen atoms in total. The summed E-state index contributed by atoms with van der Waals surface area (Å²) in [6, 6.07) is -0.707. The number of alkyl carbamates (subject to hydrolysis) is 2. The molecule has 0 aliphatic heterocycles. The van der Waals surface area contributed by atoms with Crippen molar-refractivity contribution in [3.8, 4) is 0 Å². The van der Waals surface area contributed by atoms with E-state index in [4.69, 9.17) is 9.47 Å². The summed E-state index contributed by atoms with van der Waals surface area (Å²) in [6.45, 7) is 10.7. The van der Waals surface area contributed by atoms with Crippen LogP contribution in [0, 0.1) is 0 Å². The Morgan fingerprint density at radius 1 is 0.870 bits per heavy atom. The molecule has 1 saturated carbocycles. The van der Waals surface area contributed by atoms with Gasteiger partial charge in [-0.2, -0.15) is 0 Å². The number of hydrogen-bond donors (Lipinski definition) is 3. The van der Waals surface area contributed by atoms with Gasteiger partial charge in [0.2, 0.25) is 0 Å². The normalized spacial score (nSPS) is 25.4. The highest BCUT2D eigenvalue weighted by Gasteiger charge is 2.34. The minimum Gasteiger partial charge on any atom is -0.444 e. The van der Waals surface area contributed by atoms with Gasteiger partial charge in [-0.3, -0.25) is 0 Å². The molecule has 0 spiro atoms. The average Bonchev–Trinajstić information content (AvgIpc) is 2.27. The van der Waals surface area contributed by atoms with E-state index in [1.807, 2.05) is 0 Å². The first-order valence-corrected chi connectivity index (χ1v) is 8.03. The molecule has 3 unspecified atom stereocenters. The molecule has 0 bridgehead atoms. The van der Waals surface area contributed by atoms with Gasteiger partial charge in [-0.25, -0.2) is 9.59 Å². The average molecular weight is 330 g/mol. The molecule has 0 saturated heterocycles. The molecule has 1 rings (SSSR count). The largest absolute Gasteiger partial charge is 0.444 e. The van der Waals surface area contributed by atoms with Gasteiger partial charge in [0.05, 0.1) is 18.2 Å². The lowest BCUT2D eigenvalue weighted by molar-refractivity contribution is 0.0325. The molecule has 23 heavy (non-hydrogen) atoms. The lowest BCUT2D eigenvalue weighted by Gasteiger charge is -2.35. The lowest BCUT2D eigenvalue weighted by atomic mass is 9.88. The molecule has 134 valence electrons. The number of hydrogen-bond acceptors (Lipinski definition) is 5. The molecule has 1 fully saturated rings. The Hall–Kier alpha value is -1.50. The first kappa shape index (κ1) is 19.5. The van der Waals surface area contributed by atoms with E-state index < -0.39 is 35.5 Å². The Balaban J connectivity index is 2.64. The van der Waals surface area contributed by atoms with E-state index in [1.54, 1.807) is 41.5 Å². The predicted molar refractivity (Wildman–Crippen MR) is 86.2 cm³/mol. The molecule has 0 aromatic rings. The topological polar surface area (TPSA) is 96.9 Å². The van der Waals surface area contributed by atoms with Crippen LogP contribution in [0.1, 0.15) is 60.8 Å². The molecule has 0 aromatic carbocycles. The molecular formula is C16H30N2O5. The summed E-state index contributed by atoms with van der Waals surface area (Å²) < 4.78 is 10.5. The molecule has 2 amide bonds. The summed E-state index contributed by atoms with van der Waals surface area (Å²) in [4.78, 5) is 23.9. The first-order chi connectivity index (χ1) is 10.4. The predicted octanol–water partition coefficient (Wildman–Crippen LogP) is 2.32. The summed E-state index contributed by atoms with van der Waals surface area (Å²) >= 11 is 0. The minimum absolute atomic E-state index is 0.305.